The second-order valence-corrected chi connectivity index (χ2v) is 9.25. The lowest BCUT2D eigenvalue weighted by atomic mass is 9.91. The lowest BCUT2D eigenvalue weighted by Crippen LogP contribution is -2.48. The van der Waals surface area contributed by atoms with Crippen LogP contribution in [0.3, 0.4) is 0 Å². The van der Waals surface area contributed by atoms with Gasteiger partial charge in [0.1, 0.15) is 6.04 Å². The third-order valence-electron chi connectivity index (χ3n) is 4.71. The van der Waals surface area contributed by atoms with Gasteiger partial charge in [-0.15, -0.1) is 0 Å². The summed E-state index contributed by atoms with van der Waals surface area (Å²) in [6, 6.07) is 9.47. The van der Waals surface area contributed by atoms with Crippen molar-refractivity contribution in [2.75, 3.05) is 5.75 Å². The van der Waals surface area contributed by atoms with Crippen LogP contribution in [0, 0.1) is 5.41 Å². The minimum absolute atomic E-state index is 0.0100. The number of ketones is 1. The first-order valence-corrected chi connectivity index (χ1v) is 10.6. The number of hydrogen-bond donors (Lipinski definition) is 1. The Morgan fingerprint density at radius 3 is 2.46 bits per heavy atom. The van der Waals surface area contributed by atoms with E-state index >= 15 is 0 Å². The normalized spacial score (nSPS) is 18.2. The molecule has 2 rings (SSSR count). The van der Waals surface area contributed by atoms with Crippen molar-refractivity contribution in [3.05, 3.63) is 47.0 Å². The van der Waals surface area contributed by atoms with Gasteiger partial charge in [0.25, 0.3) is 0 Å². The van der Waals surface area contributed by atoms with Gasteiger partial charge in [-0.3, -0.25) is 19.3 Å². The van der Waals surface area contributed by atoms with E-state index in [0.29, 0.717) is 5.03 Å². The Morgan fingerprint density at radius 2 is 1.86 bits per heavy atom. The van der Waals surface area contributed by atoms with Gasteiger partial charge in [-0.1, -0.05) is 62.9 Å². The molecule has 1 saturated heterocycles. The largest absolute Gasteiger partial charge is 0.352 e. The molecule has 0 aliphatic carbocycles. The van der Waals surface area contributed by atoms with Gasteiger partial charge in [-0.25, -0.2) is 0 Å². The summed E-state index contributed by atoms with van der Waals surface area (Å²) >= 11 is 1.31. The first-order chi connectivity index (χ1) is 13.1. The SMILES string of the molecule is CC(CCc1ccccc1)NC(=O)C(C)N1C(=O)CS/C1=C\C(=O)C(C)(C)C. The Balaban J connectivity index is 1.98. The van der Waals surface area contributed by atoms with Gasteiger partial charge in [-0.2, -0.15) is 0 Å². The molecule has 1 aliphatic heterocycles. The first kappa shape index (κ1) is 22.2. The second kappa shape index (κ2) is 9.41. The van der Waals surface area contributed by atoms with E-state index < -0.39 is 11.5 Å². The molecule has 2 atom stereocenters. The Labute approximate surface area is 171 Å². The van der Waals surface area contributed by atoms with Crippen LogP contribution in [0.25, 0.3) is 0 Å². The molecule has 5 nitrogen and oxygen atoms in total. The number of hydrogen-bond acceptors (Lipinski definition) is 4. The third-order valence-corrected chi connectivity index (χ3v) is 5.71. The van der Waals surface area contributed by atoms with E-state index in [4.69, 9.17) is 0 Å². The summed E-state index contributed by atoms with van der Waals surface area (Å²) in [5.74, 6) is -0.147. The zero-order chi connectivity index (χ0) is 20.9. The van der Waals surface area contributed by atoms with Gasteiger partial charge >= 0.3 is 0 Å². The van der Waals surface area contributed by atoms with Crippen molar-refractivity contribution in [2.45, 2.75) is 59.5 Å². The molecule has 152 valence electrons. The van der Waals surface area contributed by atoms with Crippen molar-refractivity contribution in [1.29, 1.82) is 0 Å². The fourth-order valence-electron chi connectivity index (χ4n) is 2.83. The molecule has 0 aromatic heterocycles. The van der Waals surface area contributed by atoms with Crippen molar-refractivity contribution in [1.82, 2.24) is 10.2 Å². The standard InChI is InChI=1S/C22H30N2O3S/c1-15(11-12-17-9-7-6-8-10-17)23-21(27)16(2)24-19(26)14-28-20(24)13-18(25)22(3,4)5/h6-10,13,15-16H,11-12,14H2,1-5H3,(H,23,27)/b20-13-. The van der Waals surface area contributed by atoms with Crippen LogP contribution in [-0.2, 0) is 20.8 Å². The average molecular weight is 403 g/mol. The molecule has 0 spiro atoms. The van der Waals surface area contributed by atoms with Crippen molar-refractivity contribution < 1.29 is 14.4 Å². The molecule has 6 heteroatoms. The van der Waals surface area contributed by atoms with Crippen LogP contribution in [-0.4, -0.2) is 40.3 Å². The maximum Gasteiger partial charge on any atom is 0.243 e. The Bertz CT molecular complexity index is 753. The van der Waals surface area contributed by atoms with E-state index in [-0.39, 0.29) is 29.4 Å². The zero-order valence-corrected chi connectivity index (χ0v) is 18.1. The topological polar surface area (TPSA) is 66.5 Å². The second-order valence-electron chi connectivity index (χ2n) is 8.26. The first-order valence-electron chi connectivity index (χ1n) is 9.65. The van der Waals surface area contributed by atoms with Crippen LogP contribution >= 0.6 is 11.8 Å². The number of aryl methyl sites for hydroxylation is 1. The fraction of sp³-hybridized carbons (Fsp3) is 0.500. The maximum atomic E-state index is 12.7. The molecule has 1 aliphatic rings. The number of thioether (sulfide) groups is 1. The maximum absolute atomic E-state index is 12.7. The van der Waals surface area contributed by atoms with Crippen LogP contribution in [0.15, 0.2) is 41.4 Å². The number of nitrogens with one attached hydrogen (secondary N) is 1. The van der Waals surface area contributed by atoms with Crippen molar-refractivity contribution in [3.8, 4) is 0 Å². The number of allylic oxidation sites excluding steroid dienone is 1. The molecule has 2 unspecified atom stereocenters. The Morgan fingerprint density at radius 1 is 1.21 bits per heavy atom. The summed E-state index contributed by atoms with van der Waals surface area (Å²) in [5.41, 5.74) is 0.705. The van der Waals surface area contributed by atoms with Gasteiger partial charge < -0.3 is 5.32 Å². The van der Waals surface area contributed by atoms with Crippen molar-refractivity contribution >= 4 is 29.4 Å². The average Bonchev–Trinajstić information content (AvgIpc) is 2.99. The van der Waals surface area contributed by atoms with Gasteiger partial charge in [-0.05, 0) is 32.3 Å². The minimum atomic E-state index is -0.652. The van der Waals surface area contributed by atoms with E-state index in [2.05, 4.69) is 17.4 Å². The smallest absolute Gasteiger partial charge is 0.243 e. The number of nitrogens with zero attached hydrogens (tertiary/aromatic N) is 1. The molecular formula is C22H30N2O3S. The summed E-state index contributed by atoms with van der Waals surface area (Å²) in [6.45, 7) is 9.18. The molecule has 1 aromatic rings. The molecule has 2 amide bonds. The Hall–Kier alpha value is -2.08. The van der Waals surface area contributed by atoms with Crippen molar-refractivity contribution in [2.24, 2.45) is 5.41 Å². The van der Waals surface area contributed by atoms with Crippen LogP contribution in [0.5, 0.6) is 0 Å². The number of amides is 2. The van der Waals surface area contributed by atoms with Crippen molar-refractivity contribution in [3.63, 3.8) is 0 Å². The van der Waals surface area contributed by atoms with E-state index in [0.717, 1.165) is 12.8 Å². The molecule has 0 bridgehead atoms. The van der Waals surface area contributed by atoms with Crippen LogP contribution in [0.1, 0.15) is 46.6 Å². The van der Waals surface area contributed by atoms with E-state index in [1.165, 1.54) is 28.3 Å². The number of benzene rings is 1. The lowest BCUT2D eigenvalue weighted by molar-refractivity contribution is -0.135. The minimum Gasteiger partial charge on any atom is -0.352 e. The monoisotopic (exact) mass is 402 g/mol. The molecular weight excluding hydrogens is 372 g/mol. The van der Waals surface area contributed by atoms with Crippen LogP contribution < -0.4 is 5.32 Å². The van der Waals surface area contributed by atoms with E-state index in [9.17, 15) is 14.4 Å². The van der Waals surface area contributed by atoms with E-state index in [1.54, 1.807) is 6.92 Å². The molecule has 28 heavy (non-hydrogen) atoms. The quantitative estimate of drug-likeness (QED) is 0.709. The molecule has 1 N–H and O–H groups in total. The third kappa shape index (κ3) is 5.96. The van der Waals surface area contributed by atoms with E-state index in [1.807, 2.05) is 45.9 Å². The molecule has 1 fully saturated rings. The summed E-state index contributed by atoms with van der Waals surface area (Å²) in [4.78, 5) is 38.8. The molecule has 0 radical (unpaired) electrons. The molecule has 0 saturated carbocycles. The van der Waals surface area contributed by atoms with Gasteiger partial charge in [0, 0.05) is 17.5 Å². The lowest BCUT2D eigenvalue weighted by Gasteiger charge is -2.26. The highest BCUT2D eigenvalue weighted by Gasteiger charge is 2.35. The summed E-state index contributed by atoms with van der Waals surface area (Å²) < 4.78 is 0. The molecule has 1 aromatic carbocycles. The van der Waals surface area contributed by atoms with Crippen LogP contribution in [0.2, 0.25) is 0 Å². The predicted molar refractivity (Wildman–Crippen MR) is 114 cm³/mol. The van der Waals surface area contributed by atoms with Gasteiger partial charge in [0.15, 0.2) is 5.78 Å². The summed E-state index contributed by atoms with van der Waals surface area (Å²) in [6.07, 6.45) is 3.19. The highest BCUT2D eigenvalue weighted by molar-refractivity contribution is 8.04. The summed E-state index contributed by atoms with van der Waals surface area (Å²) in [7, 11) is 0. The fourth-order valence-corrected chi connectivity index (χ4v) is 3.82. The Kier molecular flexibility index (Phi) is 7.47. The van der Waals surface area contributed by atoms with Crippen LogP contribution in [0.4, 0.5) is 0 Å². The molecule has 1 heterocycles. The number of rotatable bonds is 7. The van der Waals surface area contributed by atoms with Gasteiger partial charge in [0.05, 0.1) is 10.8 Å². The summed E-state index contributed by atoms with van der Waals surface area (Å²) in [5, 5.41) is 3.56. The number of carbonyl (C=O) groups is 3. The zero-order valence-electron chi connectivity index (χ0n) is 17.3. The van der Waals surface area contributed by atoms with Gasteiger partial charge in [0.2, 0.25) is 11.8 Å². The highest BCUT2D eigenvalue weighted by Crippen LogP contribution is 2.32. The number of carbonyl (C=O) groups excluding carboxylic acids is 3. The predicted octanol–water partition coefficient (Wildman–Crippen LogP) is 3.54. The highest BCUT2D eigenvalue weighted by atomic mass is 32.2.